The summed E-state index contributed by atoms with van der Waals surface area (Å²) < 4.78 is 0. The van der Waals surface area contributed by atoms with Crippen LogP contribution in [-0.2, 0) is 5.75 Å². The van der Waals surface area contributed by atoms with Crippen molar-refractivity contribution in [1.82, 2.24) is 9.97 Å². The Bertz CT molecular complexity index is 634. The minimum Gasteiger partial charge on any atom is -0.305 e. The largest absolute Gasteiger partial charge is 0.305 e. The molecule has 0 aliphatic carbocycles. The molecular formula is C16H19N3OS2. The number of nitrogens with zero attached hydrogens (tertiary/aromatic N) is 2. The fourth-order valence-electron chi connectivity index (χ4n) is 1.86. The first kappa shape index (κ1) is 16.8. The zero-order valence-electron chi connectivity index (χ0n) is 12.7. The van der Waals surface area contributed by atoms with Gasteiger partial charge in [-0.15, -0.1) is 11.8 Å². The maximum atomic E-state index is 12.4. The van der Waals surface area contributed by atoms with Gasteiger partial charge >= 0.3 is 0 Å². The second-order valence-corrected chi connectivity index (χ2v) is 7.00. The number of pyridine rings is 2. The van der Waals surface area contributed by atoms with Crippen LogP contribution in [0, 0.1) is 0 Å². The molecule has 0 radical (unpaired) electrons. The summed E-state index contributed by atoms with van der Waals surface area (Å²) >= 11 is 3.45. The van der Waals surface area contributed by atoms with Crippen LogP contribution in [-0.4, -0.2) is 27.4 Å². The molecule has 22 heavy (non-hydrogen) atoms. The van der Waals surface area contributed by atoms with Crippen molar-refractivity contribution >= 4 is 35.2 Å². The molecule has 0 saturated carbocycles. The average molecular weight is 333 g/mol. The predicted octanol–water partition coefficient (Wildman–Crippen LogP) is 4.09. The first-order chi connectivity index (χ1) is 10.7. The van der Waals surface area contributed by atoms with Gasteiger partial charge in [0.2, 0.25) is 0 Å². The molecule has 0 unspecified atom stereocenters. The molecule has 0 aromatic carbocycles. The summed E-state index contributed by atoms with van der Waals surface area (Å²) in [5, 5.41) is 2.84. The number of rotatable bonds is 7. The molecule has 0 fully saturated rings. The van der Waals surface area contributed by atoms with Crippen molar-refractivity contribution in [2.75, 3.05) is 16.8 Å². The number of carbonyl (C=O) groups excluding carboxylic acids is 1. The Labute approximate surface area is 139 Å². The molecule has 2 rings (SSSR count). The van der Waals surface area contributed by atoms with Crippen LogP contribution in [0.3, 0.4) is 0 Å². The molecule has 6 heteroatoms. The highest BCUT2D eigenvalue weighted by Crippen LogP contribution is 2.21. The fourth-order valence-corrected chi connectivity index (χ4v) is 3.25. The predicted molar refractivity (Wildman–Crippen MR) is 94.7 cm³/mol. The summed E-state index contributed by atoms with van der Waals surface area (Å²) in [6.45, 7) is 4.18. The molecule has 2 aromatic rings. The van der Waals surface area contributed by atoms with Gasteiger partial charge in [0.25, 0.3) is 5.91 Å². The Morgan fingerprint density at radius 3 is 2.82 bits per heavy atom. The molecule has 116 valence electrons. The number of amides is 1. The lowest BCUT2D eigenvalue weighted by atomic mass is 10.3. The lowest BCUT2D eigenvalue weighted by Gasteiger charge is -2.08. The number of hydrogen-bond donors (Lipinski definition) is 1. The van der Waals surface area contributed by atoms with Gasteiger partial charge in [0, 0.05) is 23.0 Å². The van der Waals surface area contributed by atoms with E-state index in [1.54, 1.807) is 24.2 Å². The van der Waals surface area contributed by atoms with Crippen molar-refractivity contribution in [3.8, 4) is 0 Å². The summed E-state index contributed by atoms with van der Waals surface area (Å²) in [7, 11) is 0. The van der Waals surface area contributed by atoms with Gasteiger partial charge in [-0.3, -0.25) is 4.79 Å². The lowest BCUT2D eigenvalue weighted by molar-refractivity contribution is 0.101. The van der Waals surface area contributed by atoms with Crippen molar-refractivity contribution in [1.29, 1.82) is 0 Å². The minimum atomic E-state index is -0.218. The van der Waals surface area contributed by atoms with E-state index in [0.29, 0.717) is 11.5 Å². The van der Waals surface area contributed by atoms with E-state index in [1.807, 2.05) is 36.0 Å². The van der Waals surface area contributed by atoms with Crippen LogP contribution < -0.4 is 5.32 Å². The fraction of sp³-hybridized carbons (Fsp3) is 0.312. The molecule has 2 aromatic heterocycles. The average Bonchev–Trinajstić information content (AvgIpc) is 2.54. The van der Waals surface area contributed by atoms with Crippen molar-refractivity contribution in [3.63, 3.8) is 0 Å². The normalized spacial score (nSPS) is 10.5. The van der Waals surface area contributed by atoms with Crippen molar-refractivity contribution in [2.45, 2.75) is 24.5 Å². The van der Waals surface area contributed by atoms with Gasteiger partial charge in [-0.25, -0.2) is 9.97 Å². The monoisotopic (exact) mass is 333 g/mol. The third-order valence-corrected chi connectivity index (χ3v) is 4.70. The van der Waals surface area contributed by atoms with Gasteiger partial charge in [0.1, 0.15) is 11.5 Å². The van der Waals surface area contributed by atoms with E-state index in [9.17, 15) is 4.79 Å². The Balaban J connectivity index is 2.12. The summed E-state index contributed by atoms with van der Waals surface area (Å²) in [5.74, 6) is 3.23. The highest BCUT2D eigenvalue weighted by molar-refractivity contribution is 7.99. The molecule has 1 amide bonds. The van der Waals surface area contributed by atoms with Gasteiger partial charge in [0.15, 0.2) is 0 Å². The van der Waals surface area contributed by atoms with E-state index in [-0.39, 0.29) is 5.91 Å². The SMILES string of the molecule is CCSCc1ccnc(NC(=O)c2ncccc2SCC)c1. The third-order valence-electron chi connectivity index (χ3n) is 2.82. The van der Waals surface area contributed by atoms with E-state index < -0.39 is 0 Å². The summed E-state index contributed by atoms with van der Waals surface area (Å²) in [6, 6.07) is 7.64. The smallest absolute Gasteiger partial charge is 0.276 e. The Kier molecular flexibility index (Phi) is 6.74. The standard InChI is InChI=1S/C16H19N3OS2/c1-3-21-11-12-7-9-17-14(10-12)19-16(20)15-13(22-4-2)6-5-8-18-15/h5-10H,3-4,11H2,1-2H3,(H,17,19,20). The maximum absolute atomic E-state index is 12.4. The van der Waals surface area contributed by atoms with Gasteiger partial charge in [-0.1, -0.05) is 13.8 Å². The second-order valence-electron chi connectivity index (χ2n) is 4.42. The lowest BCUT2D eigenvalue weighted by Crippen LogP contribution is -2.15. The molecule has 0 aliphatic heterocycles. The molecule has 0 aliphatic rings. The minimum absolute atomic E-state index is 0.218. The Morgan fingerprint density at radius 2 is 2.05 bits per heavy atom. The van der Waals surface area contributed by atoms with Crippen LogP contribution in [0.5, 0.6) is 0 Å². The van der Waals surface area contributed by atoms with Gasteiger partial charge in [-0.2, -0.15) is 11.8 Å². The van der Waals surface area contributed by atoms with E-state index >= 15 is 0 Å². The highest BCUT2D eigenvalue weighted by Gasteiger charge is 2.13. The Morgan fingerprint density at radius 1 is 1.18 bits per heavy atom. The van der Waals surface area contributed by atoms with Crippen LogP contribution in [0.1, 0.15) is 29.9 Å². The highest BCUT2D eigenvalue weighted by atomic mass is 32.2. The number of nitrogens with one attached hydrogen (secondary N) is 1. The Hall–Kier alpha value is -1.53. The van der Waals surface area contributed by atoms with E-state index in [4.69, 9.17) is 0 Å². The van der Waals surface area contributed by atoms with E-state index in [1.165, 1.54) is 0 Å². The molecule has 0 atom stereocenters. The van der Waals surface area contributed by atoms with Crippen LogP contribution in [0.25, 0.3) is 0 Å². The number of hydrogen-bond acceptors (Lipinski definition) is 5. The topological polar surface area (TPSA) is 54.9 Å². The quantitative estimate of drug-likeness (QED) is 0.773. The van der Waals surface area contributed by atoms with Crippen molar-refractivity contribution in [3.05, 3.63) is 47.9 Å². The first-order valence-electron chi connectivity index (χ1n) is 7.16. The zero-order valence-corrected chi connectivity index (χ0v) is 14.3. The van der Waals surface area contributed by atoms with Crippen molar-refractivity contribution < 1.29 is 4.79 Å². The molecule has 0 bridgehead atoms. The van der Waals surface area contributed by atoms with Gasteiger partial charge in [-0.05, 0) is 41.3 Å². The number of aromatic nitrogens is 2. The molecule has 1 N–H and O–H groups in total. The first-order valence-corrected chi connectivity index (χ1v) is 9.30. The summed E-state index contributed by atoms with van der Waals surface area (Å²) in [4.78, 5) is 21.7. The number of carbonyl (C=O) groups is 1. The zero-order chi connectivity index (χ0) is 15.8. The maximum Gasteiger partial charge on any atom is 0.276 e. The molecule has 2 heterocycles. The number of thioether (sulfide) groups is 2. The summed E-state index contributed by atoms with van der Waals surface area (Å²) in [5.41, 5.74) is 1.60. The van der Waals surface area contributed by atoms with E-state index in [2.05, 4.69) is 29.1 Å². The number of anilines is 1. The van der Waals surface area contributed by atoms with Gasteiger partial charge in [0.05, 0.1) is 0 Å². The van der Waals surface area contributed by atoms with Crippen molar-refractivity contribution in [2.24, 2.45) is 0 Å². The van der Waals surface area contributed by atoms with Crippen LogP contribution in [0.15, 0.2) is 41.6 Å². The van der Waals surface area contributed by atoms with E-state index in [0.717, 1.165) is 27.7 Å². The third kappa shape index (κ3) is 4.74. The van der Waals surface area contributed by atoms with Crippen LogP contribution in [0.2, 0.25) is 0 Å². The molecule has 0 saturated heterocycles. The van der Waals surface area contributed by atoms with Crippen LogP contribution >= 0.6 is 23.5 Å². The second kappa shape index (κ2) is 8.80. The molecule has 4 nitrogen and oxygen atoms in total. The van der Waals surface area contributed by atoms with Gasteiger partial charge < -0.3 is 5.32 Å². The molecular weight excluding hydrogens is 314 g/mol. The summed E-state index contributed by atoms with van der Waals surface area (Å²) in [6.07, 6.45) is 3.36. The van der Waals surface area contributed by atoms with Crippen LogP contribution in [0.4, 0.5) is 5.82 Å². The molecule has 0 spiro atoms.